The van der Waals surface area contributed by atoms with E-state index in [2.05, 4.69) is 19.1 Å². The fourth-order valence-corrected chi connectivity index (χ4v) is 4.51. The van der Waals surface area contributed by atoms with E-state index in [0.29, 0.717) is 5.56 Å². The zero-order chi connectivity index (χ0) is 22.1. The number of benzene rings is 4. The van der Waals surface area contributed by atoms with Crippen LogP contribution in [0.1, 0.15) is 33.2 Å². The Morgan fingerprint density at radius 1 is 0.875 bits per heavy atom. The highest BCUT2D eigenvalue weighted by Gasteiger charge is 2.31. The molecule has 0 saturated heterocycles. The molecule has 1 amide bonds. The Bertz CT molecular complexity index is 1260. The van der Waals surface area contributed by atoms with Crippen LogP contribution in [0.15, 0.2) is 91.0 Å². The third-order valence-electron chi connectivity index (χ3n) is 6.07. The number of hydrogen-bond donors (Lipinski definition) is 1. The lowest BCUT2D eigenvalue weighted by atomic mass is 9.97. The lowest BCUT2D eigenvalue weighted by Gasteiger charge is -2.25. The van der Waals surface area contributed by atoms with Gasteiger partial charge in [-0.05, 0) is 41.1 Å². The first-order valence-electron chi connectivity index (χ1n) is 10.9. The number of aliphatic hydroxyl groups excluding tert-OH is 1. The van der Waals surface area contributed by atoms with Gasteiger partial charge in [0, 0.05) is 10.9 Å². The summed E-state index contributed by atoms with van der Waals surface area (Å²) in [5, 5.41) is 12.8. The number of aliphatic hydroxyl groups is 1. The van der Waals surface area contributed by atoms with E-state index in [1.165, 1.54) is 0 Å². The maximum absolute atomic E-state index is 13.0. The molecule has 1 aliphatic rings. The molecule has 4 nitrogen and oxygen atoms in total. The molecule has 0 aliphatic carbocycles. The van der Waals surface area contributed by atoms with E-state index >= 15 is 0 Å². The summed E-state index contributed by atoms with van der Waals surface area (Å²) in [5.74, 6) is -0.0747. The molecule has 1 heterocycles. The van der Waals surface area contributed by atoms with Crippen LogP contribution < -0.4 is 4.90 Å². The van der Waals surface area contributed by atoms with Crippen LogP contribution in [0.4, 0.5) is 5.69 Å². The second-order valence-electron chi connectivity index (χ2n) is 8.23. The second kappa shape index (κ2) is 8.58. The average Bonchev–Trinajstić information content (AvgIpc) is 3.09. The van der Waals surface area contributed by atoms with Crippen molar-refractivity contribution < 1.29 is 14.6 Å². The van der Waals surface area contributed by atoms with E-state index in [1.807, 2.05) is 78.9 Å². The minimum absolute atomic E-state index is 0.0747. The fraction of sp³-hybridized carbons (Fsp3) is 0.179. The molecule has 4 aromatic carbocycles. The summed E-state index contributed by atoms with van der Waals surface area (Å²) >= 11 is 0. The van der Waals surface area contributed by atoms with Gasteiger partial charge in [0.1, 0.15) is 6.10 Å². The number of ether oxygens (including phenoxy) is 1. The maximum atomic E-state index is 13.0. The van der Waals surface area contributed by atoms with Crippen molar-refractivity contribution >= 4 is 22.4 Å². The predicted molar refractivity (Wildman–Crippen MR) is 127 cm³/mol. The lowest BCUT2D eigenvalue weighted by molar-refractivity contribution is 0.00901. The smallest absolute Gasteiger partial charge is 0.259 e. The Balaban J connectivity index is 1.35. The molecule has 160 valence electrons. The van der Waals surface area contributed by atoms with E-state index in [1.54, 1.807) is 4.90 Å². The minimum atomic E-state index is -0.821. The summed E-state index contributed by atoms with van der Waals surface area (Å²) in [6.07, 6.45) is -1.11. The third kappa shape index (κ3) is 3.68. The summed E-state index contributed by atoms with van der Waals surface area (Å²) in [6.45, 7) is 2.36. The summed E-state index contributed by atoms with van der Waals surface area (Å²) in [7, 11) is 0. The van der Waals surface area contributed by atoms with Gasteiger partial charge in [-0.15, -0.1) is 0 Å². The van der Waals surface area contributed by atoms with E-state index in [0.717, 1.165) is 33.2 Å². The molecule has 0 fully saturated rings. The Labute approximate surface area is 187 Å². The van der Waals surface area contributed by atoms with Crippen molar-refractivity contribution in [3.63, 3.8) is 0 Å². The highest BCUT2D eigenvalue weighted by atomic mass is 16.5. The number of aryl methyl sites for hydroxylation is 1. The van der Waals surface area contributed by atoms with E-state index in [9.17, 15) is 9.90 Å². The van der Waals surface area contributed by atoms with Gasteiger partial charge in [-0.25, -0.2) is 0 Å². The number of nitrogens with zero attached hydrogens (tertiary/aromatic N) is 1. The van der Waals surface area contributed by atoms with Gasteiger partial charge in [-0.3, -0.25) is 4.79 Å². The predicted octanol–water partition coefficient (Wildman–Crippen LogP) is 5.28. The fourth-order valence-electron chi connectivity index (χ4n) is 4.51. The van der Waals surface area contributed by atoms with Crippen LogP contribution in [-0.4, -0.2) is 30.3 Å². The van der Waals surface area contributed by atoms with Gasteiger partial charge in [0.2, 0.25) is 0 Å². The maximum Gasteiger partial charge on any atom is 0.259 e. The van der Waals surface area contributed by atoms with Gasteiger partial charge in [0.05, 0.1) is 24.9 Å². The van der Waals surface area contributed by atoms with Crippen molar-refractivity contribution in [2.45, 2.75) is 19.1 Å². The molecular formula is C28H25NO3. The highest BCUT2D eigenvalue weighted by molar-refractivity contribution is 6.25. The summed E-state index contributed by atoms with van der Waals surface area (Å²) in [5.41, 5.74) is 4.77. The lowest BCUT2D eigenvalue weighted by Crippen LogP contribution is -2.37. The SMILES string of the molecule is Cc1ccccc1C(OCC(O)CN1C(=O)c2cccc3cccc1c23)c1ccccc1. The zero-order valence-corrected chi connectivity index (χ0v) is 17.9. The third-order valence-corrected chi connectivity index (χ3v) is 6.07. The van der Waals surface area contributed by atoms with E-state index in [-0.39, 0.29) is 25.2 Å². The molecule has 0 bridgehead atoms. The van der Waals surface area contributed by atoms with Crippen molar-refractivity contribution in [2.75, 3.05) is 18.1 Å². The molecule has 5 rings (SSSR count). The summed E-state index contributed by atoms with van der Waals surface area (Å²) in [6, 6.07) is 29.8. The van der Waals surface area contributed by atoms with Crippen molar-refractivity contribution in [1.29, 1.82) is 0 Å². The number of carbonyl (C=O) groups excluding carboxylic acids is 1. The summed E-state index contributed by atoms with van der Waals surface area (Å²) in [4.78, 5) is 14.7. The summed E-state index contributed by atoms with van der Waals surface area (Å²) < 4.78 is 6.26. The molecule has 0 spiro atoms. The Morgan fingerprint density at radius 3 is 2.38 bits per heavy atom. The Kier molecular flexibility index (Phi) is 5.48. The largest absolute Gasteiger partial charge is 0.389 e. The van der Waals surface area contributed by atoms with Gasteiger partial charge in [-0.1, -0.05) is 78.9 Å². The normalized spacial score (nSPS) is 14.7. The number of amides is 1. The minimum Gasteiger partial charge on any atom is -0.389 e. The molecule has 1 aliphatic heterocycles. The first-order valence-corrected chi connectivity index (χ1v) is 10.9. The number of anilines is 1. The first kappa shape index (κ1) is 20.4. The quantitative estimate of drug-likeness (QED) is 0.440. The van der Waals surface area contributed by atoms with Gasteiger partial charge >= 0.3 is 0 Å². The number of β-amino-alcohol motifs (C(OH)–C–C–N with tert-alkyl or cyclic N) is 1. The van der Waals surface area contributed by atoms with Crippen LogP contribution in [0.5, 0.6) is 0 Å². The second-order valence-corrected chi connectivity index (χ2v) is 8.23. The molecule has 2 atom stereocenters. The van der Waals surface area contributed by atoms with E-state index < -0.39 is 6.10 Å². The van der Waals surface area contributed by atoms with Gasteiger partial charge in [0.25, 0.3) is 5.91 Å². The average molecular weight is 424 g/mol. The monoisotopic (exact) mass is 423 g/mol. The molecule has 0 saturated carbocycles. The Hall–Kier alpha value is -3.47. The van der Waals surface area contributed by atoms with Crippen LogP contribution in [0.25, 0.3) is 10.8 Å². The zero-order valence-electron chi connectivity index (χ0n) is 17.9. The van der Waals surface area contributed by atoms with Gasteiger partial charge < -0.3 is 14.7 Å². The molecule has 2 unspecified atom stereocenters. The molecule has 0 aromatic heterocycles. The standard InChI is InChI=1S/C28H25NO3/c1-19-9-5-6-14-23(19)27(21-10-3-2-4-11-21)32-18-22(30)17-29-25-16-8-13-20-12-7-15-24(26(20)25)28(29)31/h2-16,22,27,30H,17-18H2,1H3. The molecule has 4 aromatic rings. The molecule has 32 heavy (non-hydrogen) atoms. The molecule has 4 heteroatoms. The number of rotatable bonds is 7. The number of carbonyl (C=O) groups is 1. The van der Waals surface area contributed by atoms with Crippen LogP contribution in [0.3, 0.4) is 0 Å². The van der Waals surface area contributed by atoms with E-state index in [4.69, 9.17) is 4.74 Å². The van der Waals surface area contributed by atoms with Crippen LogP contribution >= 0.6 is 0 Å². The highest BCUT2D eigenvalue weighted by Crippen LogP contribution is 2.37. The van der Waals surface area contributed by atoms with Crippen molar-refractivity contribution in [3.8, 4) is 0 Å². The first-order chi connectivity index (χ1) is 15.6. The van der Waals surface area contributed by atoms with Gasteiger partial charge in [-0.2, -0.15) is 0 Å². The van der Waals surface area contributed by atoms with Crippen LogP contribution in [-0.2, 0) is 4.74 Å². The molecule has 1 N–H and O–H groups in total. The van der Waals surface area contributed by atoms with Crippen LogP contribution in [0.2, 0.25) is 0 Å². The van der Waals surface area contributed by atoms with Crippen molar-refractivity contribution in [3.05, 3.63) is 113 Å². The Morgan fingerprint density at radius 2 is 1.59 bits per heavy atom. The molecule has 0 radical (unpaired) electrons. The molecular weight excluding hydrogens is 398 g/mol. The number of hydrogen-bond acceptors (Lipinski definition) is 3. The van der Waals surface area contributed by atoms with Crippen molar-refractivity contribution in [1.82, 2.24) is 0 Å². The van der Waals surface area contributed by atoms with Crippen LogP contribution in [0, 0.1) is 6.92 Å². The topological polar surface area (TPSA) is 49.8 Å². The van der Waals surface area contributed by atoms with Gasteiger partial charge in [0.15, 0.2) is 0 Å². The van der Waals surface area contributed by atoms with Crippen molar-refractivity contribution in [2.24, 2.45) is 0 Å².